The van der Waals surface area contributed by atoms with Gasteiger partial charge in [-0.3, -0.25) is 4.79 Å². The van der Waals surface area contributed by atoms with Gasteiger partial charge in [0.15, 0.2) is 0 Å². The predicted octanol–water partition coefficient (Wildman–Crippen LogP) is 1.38. The van der Waals surface area contributed by atoms with Crippen molar-refractivity contribution in [3.63, 3.8) is 0 Å². The molecule has 0 bridgehead atoms. The topological polar surface area (TPSA) is 20.3 Å². The highest BCUT2D eigenvalue weighted by Gasteiger charge is 2.07. The number of terminal acetylenes is 1. The lowest BCUT2D eigenvalue weighted by Crippen LogP contribution is -2.28. The molecular formula is C10H11NOS. The van der Waals surface area contributed by atoms with Crippen molar-refractivity contribution in [3.8, 4) is 12.3 Å². The molecule has 0 atom stereocenters. The Labute approximate surface area is 82.2 Å². The molecule has 3 heteroatoms. The largest absolute Gasteiger partial charge is 0.334 e. The fraction of sp³-hybridized carbons (Fsp3) is 0.300. The number of thiophene rings is 1. The van der Waals surface area contributed by atoms with Crippen LogP contribution in [-0.4, -0.2) is 24.4 Å². The summed E-state index contributed by atoms with van der Waals surface area (Å²) in [6, 6.07) is 1.95. The molecule has 0 spiro atoms. The van der Waals surface area contributed by atoms with Gasteiger partial charge in [0.2, 0.25) is 5.91 Å². The minimum Gasteiger partial charge on any atom is -0.334 e. The van der Waals surface area contributed by atoms with Crippen molar-refractivity contribution in [1.29, 1.82) is 0 Å². The van der Waals surface area contributed by atoms with Gasteiger partial charge >= 0.3 is 0 Å². The summed E-state index contributed by atoms with van der Waals surface area (Å²) in [5.41, 5.74) is 1.05. The summed E-state index contributed by atoms with van der Waals surface area (Å²) in [5.74, 6) is 2.50. The Morgan fingerprint density at radius 2 is 2.54 bits per heavy atom. The third-order valence-electron chi connectivity index (χ3n) is 1.69. The second-order valence-corrected chi connectivity index (χ2v) is 3.54. The third kappa shape index (κ3) is 2.92. The smallest absolute Gasteiger partial charge is 0.227 e. The molecule has 0 aromatic carbocycles. The fourth-order valence-corrected chi connectivity index (χ4v) is 1.60. The van der Waals surface area contributed by atoms with E-state index in [-0.39, 0.29) is 5.91 Å². The van der Waals surface area contributed by atoms with Crippen molar-refractivity contribution in [1.82, 2.24) is 4.90 Å². The first-order chi connectivity index (χ1) is 6.24. The van der Waals surface area contributed by atoms with Crippen molar-refractivity contribution in [2.45, 2.75) is 6.42 Å². The van der Waals surface area contributed by atoms with Crippen molar-refractivity contribution >= 4 is 17.2 Å². The van der Waals surface area contributed by atoms with Crippen LogP contribution in [0.1, 0.15) is 5.56 Å². The maximum absolute atomic E-state index is 11.4. The van der Waals surface area contributed by atoms with E-state index in [0.29, 0.717) is 13.0 Å². The molecule has 0 aliphatic rings. The number of nitrogens with zero attached hydrogens (tertiary/aromatic N) is 1. The van der Waals surface area contributed by atoms with Crippen LogP contribution >= 0.6 is 11.3 Å². The van der Waals surface area contributed by atoms with Gasteiger partial charge in [0, 0.05) is 7.05 Å². The quantitative estimate of drug-likeness (QED) is 0.664. The van der Waals surface area contributed by atoms with E-state index in [1.165, 1.54) is 0 Å². The lowest BCUT2D eigenvalue weighted by molar-refractivity contribution is -0.128. The first kappa shape index (κ1) is 9.82. The van der Waals surface area contributed by atoms with Crippen molar-refractivity contribution < 1.29 is 4.79 Å². The molecule has 1 rings (SSSR count). The van der Waals surface area contributed by atoms with E-state index in [9.17, 15) is 4.79 Å². The number of hydrogen-bond acceptors (Lipinski definition) is 2. The van der Waals surface area contributed by atoms with Crippen LogP contribution in [0.4, 0.5) is 0 Å². The molecule has 0 saturated heterocycles. The van der Waals surface area contributed by atoms with Crippen LogP contribution in [0.25, 0.3) is 0 Å². The standard InChI is InChI=1S/C10H11NOS/c1-3-5-11(2)10(12)7-9-4-6-13-8-9/h1,4,6,8H,5,7H2,2H3. The van der Waals surface area contributed by atoms with Crippen molar-refractivity contribution in [2.24, 2.45) is 0 Å². The molecule has 0 fully saturated rings. The third-order valence-corrected chi connectivity index (χ3v) is 2.42. The summed E-state index contributed by atoms with van der Waals surface area (Å²) < 4.78 is 0. The summed E-state index contributed by atoms with van der Waals surface area (Å²) >= 11 is 1.60. The molecule has 0 aliphatic carbocycles. The zero-order chi connectivity index (χ0) is 9.68. The van der Waals surface area contributed by atoms with Gasteiger partial charge < -0.3 is 4.90 Å². The van der Waals surface area contributed by atoms with Crippen LogP contribution in [0, 0.1) is 12.3 Å². The zero-order valence-corrected chi connectivity index (χ0v) is 8.30. The molecule has 1 aromatic rings. The van der Waals surface area contributed by atoms with E-state index in [1.54, 1.807) is 23.3 Å². The van der Waals surface area contributed by atoms with E-state index in [2.05, 4.69) is 5.92 Å². The number of carbonyl (C=O) groups excluding carboxylic acids is 1. The van der Waals surface area contributed by atoms with Gasteiger partial charge in [0.1, 0.15) is 0 Å². The van der Waals surface area contributed by atoms with E-state index in [0.717, 1.165) is 5.56 Å². The Morgan fingerprint density at radius 3 is 3.08 bits per heavy atom. The first-order valence-electron chi connectivity index (χ1n) is 3.92. The Kier molecular flexibility index (Phi) is 3.53. The maximum atomic E-state index is 11.4. The Balaban J connectivity index is 2.47. The summed E-state index contributed by atoms with van der Waals surface area (Å²) in [4.78, 5) is 13.0. The maximum Gasteiger partial charge on any atom is 0.227 e. The lowest BCUT2D eigenvalue weighted by Gasteiger charge is -2.12. The molecule has 1 amide bonds. The van der Waals surface area contributed by atoms with Crippen molar-refractivity contribution in [2.75, 3.05) is 13.6 Å². The molecule has 1 aromatic heterocycles. The van der Waals surface area contributed by atoms with Gasteiger partial charge in [-0.1, -0.05) is 5.92 Å². The van der Waals surface area contributed by atoms with Crippen LogP contribution in [0.15, 0.2) is 16.8 Å². The fourth-order valence-electron chi connectivity index (χ4n) is 0.928. The molecule has 68 valence electrons. The highest BCUT2D eigenvalue weighted by Crippen LogP contribution is 2.07. The Morgan fingerprint density at radius 1 is 1.77 bits per heavy atom. The molecule has 0 aliphatic heterocycles. The first-order valence-corrected chi connectivity index (χ1v) is 4.87. The molecule has 1 heterocycles. The van der Waals surface area contributed by atoms with Crippen LogP contribution < -0.4 is 0 Å². The number of rotatable bonds is 3. The van der Waals surface area contributed by atoms with Crippen molar-refractivity contribution in [3.05, 3.63) is 22.4 Å². The summed E-state index contributed by atoms with van der Waals surface area (Å²) in [6.45, 7) is 0.378. The SMILES string of the molecule is C#CCN(C)C(=O)Cc1ccsc1. The second kappa shape index (κ2) is 4.68. The van der Waals surface area contributed by atoms with Crippen LogP contribution in [0.5, 0.6) is 0 Å². The summed E-state index contributed by atoms with van der Waals surface area (Å²) in [5, 5.41) is 3.94. The van der Waals surface area contributed by atoms with Gasteiger partial charge in [-0.05, 0) is 22.4 Å². The molecule has 13 heavy (non-hydrogen) atoms. The molecule has 2 nitrogen and oxygen atoms in total. The number of amides is 1. The second-order valence-electron chi connectivity index (χ2n) is 2.76. The van der Waals surface area contributed by atoms with Crippen LogP contribution in [-0.2, 0) is 11.2 Å². The van der Waals surface area contributed by atoms with E-state index in [4.69, 9.17) is 6.42 Å². The average molecular weight is 193 g/mol. The molecule has 0 saturated carbocycles. The van der Waals surface area contributed by atoms with Gasteiger partial charge in [-0.15, -0.1) is 6.42 Å². The highest BCUT2D eigenvalue weighted by atomic mass is 32.1. The highest BCUT2D eigenvalue weighted by molar-refractivity contribution is 7.07. The van der Waals surface area contributed by atoms with Gasteiger partial charge in [-0.2, -0.15) is 11.3 Å². The number of carbonyl (C=O) groups is 1. The minimum absolute atomic E-state index is 0.0661. The Bertz CT molecular complexity index is 310. The number of hydrogen-bond donors (Lipinski definition) is 0. The molecular weight excluding hydrogens is 182 g/mol. The predicted molar refractivity (Wildman–Crippen MR) is 54.5 cm³/mol. The average Bonchev–Trinajstić information content (AvgIpc) is 2.57. The van der Waals surface area contributed by atoms with E-state index in [1.807, 2.05) is 16.8 Å². The van der Waals surface area contributed by atoms with Crippen LogP contribution in [0.2, 0.25) is 0 Å². The molecule has 0 N–H and O–H groups in total. The van der Waals surface area contributed by atoms with Gasteiger partial charge in [0.25, 0.3) is 0 Å². The van der Waals surface area contributed by atoms with E-state index >= 15 is 0 Å². The monoisotopic (exact) mass is 193 g/mol. The normalized spacial score (nSPS) is 9.23. The van der Waals surface area contributed by atoms with Crippen LogP contribution in [0.3, 0.4) is 0 Å². The molecule has 0 unspecified atom stereocenters. The molecule has 0 radical (unpaired) electrons. The number of likely N-dealkylation sites (N-methyl/N-ethyl adjacent to an activating group) is 1. The minimum atomic E-state index is 0.0661. The summed E-state index contributed by atoms with van der Waals surface area (Å²) in [7, 11) is 1.72. The van der Waals surface area contributed by atoms with E-state index < -0.39 is 0 Å². The lowest BCUT2D eigenvalue weighted by atomic mass is 10.2. The zero-order valence-electron chi connectivity index (χ0n) is 7.49. The van der Waals surface area contributed by atoms with Gasteiger partial charge in [-0.25, -0.2) is 0 Å². The summed E-state index contributed by atoms with van der Waals surface area (Å²) in [6.07, 6.45) is 5.54. The Hall–Kier alpha value is -1.27. The van der Waals surface area contributed by atoms with Gasteiger partial charge in [0.05, 0.1) is 13.0 Å².